The van der Waals surface area contributed by atoms with Crippen molar-refractivity contribution in [2.75, 3.05) is 39.3 Å². The van der Waals surface area contributed by atoms with E-state index in [1.54, 1.807) is 12.1 Å². The Hall–Kier alpha value is -2.84. The molecule has 1 fully saturated rings. The van der Waals surface area contributed by atoms with Crippen LogP contribution in [0.1, 0.15) is 35.5 Å². The first-order valence-corrected chi connectivity index (χ1v) is 10.4. The van der Waals surface area contributed by atoms with E-state index >= 15 is 0 Å². The monoisotopic (exact) mass is 399 g/mol. The first kappa shape index (κ1) is 19.5. The Bertz CT molecular complexity index is 850. The normalized spacial score (nSPS) is 19.9. The summed E-state index contributed by atoms with van der Waals surface area (Å²) in [5.41, 5.74) is 0. The molecule has 156 valence electrons. The van der Waals surface area contributed by atoms with Crippen molar-refractivity contribution in [3.63, 3.8) is 0 Å². The fourth-order valence-corrected chi connectivity index (χ4v) is 4.00. The van der Waals surface area contributed by atoms with E-state index in [0.717, 1.165) is 63.2 Å². The molecule has 0 aromatic carbocycles. The molecule has 4 rings (SSSR count). The van der Waals surface area contributed by atoms with Crippen molar-refractivity contribution < 1.29 is 9.21 Å². The van der Waals surface area contributed by atoms with E-state index in [1.165, 1.54) is 6.26 Å². The van der Waals surface area contributed by atoms with Crippen LogP contribution >= 0.6 is 0 Å². The Labute approximate surface area is 170 Å². The first-order valence-electron chi connectivity index (χ1n) is 10.4. The van der Waals surface area contributed by atoms with Gasteiger partial charge in [-0.25, -0.2) is 0 Å². The molecule has 1 atom stereocenters. The molecule has 9 heteroatoms. The van der Waals surface area contributed by atoms with Gasteiger partial charge in [-0.05, 0) is 38.3 Å². The summed E-state index contributed by atoms with van der Waals surface area (Å²) < 4.78 is 7.46. The lowest BCUT2D eigenvalue weighted by Crippen LogP contribution is -2.53. The fourth-order valence-electron chi connectivity index (χ4n) is 4.00. The summed E-state index contributed by atoms with van der Waals surface area (Å²) in [6, 6.07) is 3.46. The lowest BCUT2D eigenvalue weighted by molar-refractivity contribution is 0.0657. The van der Waals surface area contributed by atoms with E-state index in [2.05, 4.69) is 31.9 Å². The van der Waals surface area contributed by atoms with Crippen LogP contribution in [0.3, 0.4) is 0 Å². The zero-order chi connectivity index (χ0) is 20.2. The van der Waals surface area contributed by atoms with Crippen molar-refractivity contribution in [2.24, 2.45) is 10.9 Å². The molecule has 1 saturated heterocycles. The minimum absolute atomic E-state index is 0.0427. The number of nitrogens with zero attached hydrogens (tertiary/aromatic N) is 6. The molecule has 0 spiro atoms. The summed E-state index contributed by atoms with van der Waals surface area (Å²) in [7, 11) is 0. The number of aliphatic imine (C=N–C) groups is 1. The number of piperazine rings is 1. The number of guanidine groups is 1. The lowest BCUT2D eigenvalue weighted by Gasteiger charge is -2.36. The maximum absolute atomic E-state index is 12.5. The molecule has 2 aromatic heterocycles. The number of furan rings is 1. The van der Waals surface area contributed by atoms with Crippen LogP contribution in [-0.2, 0) is 13.0 Å². The van der Waals surface area contributed by atoms with Gasteiger partial charge in [0.05, 0.1) is 6.26 Å². The van der Waals surface area contributed by atoms with Crippen molar-refractivity contribution in [2.45, 2.75) is 33.2 Å². The summed E-state index contributed by atoms with van der Waals surface area (Å²) >= 11 is 0. The molecule has 0 bridgehead atoms. The summed E-state index contributed by atoms with van der Waals surface area (Å²) in [5.74, 6) is 3.86. The molecular weight excluding hydrogens is 370 g/mol. The third-order valence-corrected chi connectivity index (χ3v) is 5.66. The van der Waals surface area contributed by atoms with Crippen LogP contribution in [0.5, 0.6) is 0 Å². The Kier molecular flexibility index (Phi) is 5.82. The van der Waals surface area contributed by atoms with Gasteiger partial charge in [0.2, 0.25) is 0 Å². The van der Waals surface area contributed by atoms with Crippen LogP contribution in [0, 0.1) is 12.8 Å². The second-order valence-electron chi connectivity index (χ2n) is 7.63. The highest BCUT2D eigenvalue weighted by atomic mass is 16.3. The van der Waals surface area contributed by atoms with Crippen molar-refractivity contribution in [3.8, 4) is 0 Å². The zero-order valence-electron chi connectivity index (χ0n) is 17.2. The number of rotatable bonds is 4. The maximum Gasteiger partial charge on any atom is 0.289 e. The third kappa shape index (κ3) is 4.28. The van der Waals surface area contributed by atoms with Gasteiger partial charge in [-0.1, -0.05) is 0 Å². The number of fused-ring (bicyclic) bond motifs is 1. The Balaban J connectivity index is 1.34. The van der Waals surface area contributed by atoms with Crippen LogP contribution in [0.15, 0.2) is 27.8 Å². The summed E-state index contributed by atoms with van der Waals surface area (Å²) in [6.45, 7) is 9.48. The van der Waals surface area contributed by atoms with Gasteiger partial charge in [-0.15, -0.1) is 10.2 Å². The molecule has 4 heterocycles. The number of amides is 1. The molecule has 9 nitrogen and oxygen atoms in total. The second kappa shape index (κ2) is 8.67. The minimum atomic E-state index is -0.0427. The van der Waals surface area contributed by atoms with E-state index in [-0.39, 0.29) is 5.91 Å². The average Bonchev–Trinajstić information content (AvgIpc) is 3.41. The van der Waals surface area contributed by atoms with Gasteiger partial charge in [-0.3, -0.25) is 9.79 Å². The quantitative estimate of drug-likeness (QED) is 0.613. The standard InChI is InChI=1S/C20H29N7O2/c1-3-21-20(22-13-16-6-7-18-24-23-15(2)27(18)14-16)26-10-8-25(9-11-26)19(28)17-5-4-12-29-17/h4-5,12,16H,3,6-11,13-14H2,1-2H3,(H,21,22). The van der Waals surface area contributed by atoms with Gasteiger partial charge in [0.15, 0.2) is 11.7 Å². The van der Waals surface area contributed by atoms with Gasteiger partial charge in [0, 0.05) is 52.2 Å². The molecule has 1 N–H and O–H groups in total. The lowest BCUT2D eigenvalue weighted by atomic mass is 9.99. The molecular formula is C20H29N7O2. The van der Waals surface area contributed by atoms with Crippen LogP contribution < -0.4 is 5.32 Å². The molecule has 2 aliphatic heterocycles. The molecule has 2 aliphatic rings. The number of carbonyl (C=O) groups excluding carboxylic acids is 1. The predicted octanol–water partition coefficient (Wildman–Crippen LogP) is 1.17. The van der Waals surface area contributed by atoms with E-state index in [4.69, 9.17) is 9.41 Å². The van der Waals surface area contributed by atoms with Crippen LogP contribution in [0.25, 0.3) is 0 Å². The van der Waals surface area contributed by atoms with E-state index in [9.17, 15) is 4.79 Å². The van der Waals surface area contributed by atoms with Crippen molar-refractivity contribution in [3.05, 3.63) is 35.8 Å². The highest BCUT2D eigenvalue weighted by molar-refractivity contribution is 5.91. The largest absolute Gasteiger partial charge is 0.459 e. The Morgan fingerprint density at radius 1 is 1.28 bits per heavy atom. The van der Waals surface area contributed by atoms with E-state index in [0.29, 0.717) is 24.8 Å². The predicted molar refractivity (Wildman–Crippen MR) is 109 cm³/mol. The van der Waals surface area contributed by atoms with Crippen LogP contribution in [-0.4, -0.2) is 75.7 Å². The van der Waals surface area contributed by atoms with Crippen molar-refractivity contribution >= 4 is 11.9 Å². The average molecular weight is 399 g/mol. The first-order chi connectivity index (χ1) is 14.2. The number of aromatic nitrogens is 3. The summed E-state index contributed by atoms with van der Waals surface area (Å²) in [4.78, 5) is 21.5. The second-order valence-corrected chi connectivity index (χ2v) is 7.63. The number of hydrogen-bond acceptors (Lipinski definition) is 5. The number of hydrogen-bond donors (Lipinski definition) is 1. The third-order valence-electron chi connectivity index (χ3n) is 5.66. The fraction of sp³-hybridized carbons (Fsp3) is 0.600. The maximum atomic E-state index is 12.5. The molecule has 1 unspecified atom stereocenters. The molecule has 0 radical (unpaired) electrons. The minimum Gasteiger partial charge on any atom is -0.459 e. The van der Waals surface area contributed by atoms with Gasteiger partial charge in [0.1, 0.15) is 11.6 Å². The van der Waals surface area contributed by atoms with Gasteiger partial charge in [-0.2, -0.15) is 0 Å². The van der Waals surface area contributed by atoms with E-state index < -0.39 is 0 Å². The highest BCUT2D eigenvalue weighted by Crippen LogP contribution is 2.20. The molecule has 0 saturated carbocycles. The molecule has 29 heavy (non-hydrogen) atoms. The Morgan fingerprint density at radius 3 is 2.79 bits per heavy atom. The number of aryl methyl sites for hydroxylation is 2. The molecule has 1 amide bonds. The van der Waals surface area contributed by atoms with Crippen molar-refractivity contribution in [1.82, 2.24) is 29.9 Å². The highest BCUT2D eigenvalue weighted by Gasteiger charge is 2.26. The number of carbonyl (C=O) groups is 1. The van der Waals surface area contributed by atoms with Gasteiger partial charge < -0.3 is 24.1 Å². The van der Waals surface area contributed by atoms with Gasteiger partial charge in [0.25, 0.3) is 5.91 Å². The van der Waals surface area contributed by atoms with Crippen LogP contribution in [0.4, 0.5) is 0 Å². The van der Waals surface area contributed by atoms with Crippen LogP contribution in [0.2, 0.25) is 0 Å². The summed E-state index contributed by atoms with van der Waals surface area (Å²) in [6.07, 6.45) is 3.59. The number of nitrogens with one attached hydrogen (secondary N) is 1. The van der Waals surface area contributed by atoms with Gasteiger partial charge >= 0.3 is 0 Å². The smallest absolute Gasteiger partial charge is 0.289 e. The molecule has 0 aliphatic carbocycles. The van der Waals surface area contributed by atoms with Crippen molar-refractivity contribution in [1.29, 1.82) is 0 Å². The Morgan fingerprint density at radius 2 is 2.07 bits per heavy atom. The van der Waals surface area contributed by atoms with E-state index in [1.807, 2.05) is 11.8 Å². The SMILES string of the molecule is CCNC(=NCC1CCc2nnc(C)n2C1)N1CCN(C(=O)c2ccco2)CC1. The molecule has 2 aromatic rings. The summed E-state index contributed by atoms with van der Waals surface area (Å²) in [5, 5.41) is 11.8. The topological polar surface area (TPSA) is 91.8 Å². The zero-order valence-corrected chi connectivity index (χ0v) is 17.2.